The molecule has 0 atom stereocenters. The standard InChI is InChI=1S/C18H20O3/c1-14(2)12-21-18(19)16-10-6-7-11-17(16)20-13-15-8-4-3-5-9-15/h3-11,14H,12-13H2,1-2H3. The van der Waals surface area contributed by atoms with Crippen LogP contribution in [0.5, 0.6) is 5.75 Å². The van der Waals surface area contributed by atoms with E-state index in [1.807, 2.05) is 50.2 Å². The van der Waals surface area contributed by atoms with Gasteiger partial charge in [-0.3, -0.25) is 0 Å². The van der Waals surface area contributed by atoms with E-state index in [0.29, 0.717) is 30.4 Å². The summed E-state index contributed by atoms with van der Waals surface area (Å²) >= 11 is 0. The molecule has 0 N–H and O–H groups in total. The second-order valence-corrected chi connectivity index (χ2v) is 5.26. The van der Waals surface area contributed by atoms with E-state index >= 15 is 0 Å². The molecule has 0 aliphatic carbocycles. The smallest absolute Gasteiger partial charge is 0.341 e. The maximum Gasteiger partial charge on any atom is 0.341 e. The molecule has 21 heavy (non-hydrogen) atoms. The maximum atomic E-state index is 12.1. The molecular formula is C18H20O3. The third-order valence-corrected chi connectivity index (χ3v) is 2.89. The molecule has 0 bridgehead atoms. The summed E-state index contributed by atoms with van der Waals surface area (Å²) in [6, 6.07) is 17.0. The molecule has 2 aromatic carbocycles. The molecule has 2 aromatic rings. The fourth-order valence-electron chi connectivity index (χ4n) is 1.82. The highest BCUT2D eigenvalue weighted by Gasteiger charge is 2.14. The van der Waals surface area contributed by atoms with Crippen LogP contribution in [-0.4, -0.2) is 12.6 Å². The van der Waals surface area contributed by atoms with E-state index in [4.69, 9.17) is 9.47 Å². The van der Waals surface area contributed by atoms with Gasteiger partial charge in [-0.15, -0.1) is 0 Å². The number of esters is 1. The molecular weight excluding hydrogens is 264 g/mol. The Balaban J connectivity index is 2.04. The van der Waals surface area contributed by atoms with Crippen LogP contribution >= 0.6 is 0 Å². The van der Waals surface area contributed by atoms with Crippen molar-refractivity contribution < 1.29 is 14.3 Å². The van der Waals surface area contributed by atoms with Crippen LogP contribution in [-0.2, 0) is 11.3 Å². The zero-order valence-electron chi connectivity index (χ0n) is 12.4. The quantitative estimate of drug-likeness (QED) is 0.750. The highest BCUT2D eigenvalue weighted by atomic mass is 16.5. The summed E-state index contributed by atoms with van der Waals surface area (Å²) in [6.07, 6.45) is 0. The number of hydrogen-bond donors (Lipinski definition) is 0. The van der Waals surface area contributed by atoms with Crippen molar-refractivity contribution in [2.24, 2.45) is 5.92 Å². The number of carbonyl (C=O) groups is 1. The van der Waals surface area contributed by atoms with Crippen molar-refractivity contribution in [3.63, 3.8) is 0 Å². The molecule has 0 heterocycles. The van der Waals surface area contributed by atoms with E-state index in [-0.39, 0.29) is 5.97 Å². The molecule has 0 aliphatic heterocycles. The number of para-hydroxylation sites is 1. The minimum absolute atomic E-state index is 0.311. The van der Waals surface area contributed by atoms with Crippen LogP contribution in [0.3, 0.4) is 0 Å². The van der Waals surface area contributed by atoms with Crippen molar-refractivity contribution in [1.82, 2.24) is 0 Å². The van der Waals surface area contributed by atoms with Gasteiger partial charge in [0.2, 0.25) is 0 Å². The molecule has 0 unspecified atom stereocenters. The van der Waals surface area contributed by atoms with Gasteiger partial charge in [0, 0.05) is 0 Å². The van der Waals surface area contributed by atoms with E-state index in [1.165, 1.54) is 0 Å². The second kappa shape index (κ2) is 7.48. The fourth-order valence-corrected chi connectivity index (χ4v) is 1.82. The van der Waals surface area contributed by atoms with E-state index in [1.54, 1.807) is 18.2 Å². The Morgan fingerprint density at radius 1 is 1.00 bits per heavy atom. The van der Waals surface area contributed by atoms with Crippen LogP contribution in [0.4, 0.5) is 0 Å². The van der Waals surface area contributed by atoms with Gasteiger partial charge in [-0.25, -0.2) is 4.79 Å². The summed E-state index contributed by atoms with van der Waals surface area (Å²) in [4.78, 5) is 12.1. The third kappa shape index (κ3) is 4.63. The lowest BCUT2D eigenvalue weighted by atomic mass is 10.2. The number of benzene rings is 2. The van der Waals surface area contributed by atoms with Crippen LogP contribution < -0.4 is 4.74 Å². The molecule has 3 nitrogen and oxygen atoms in total. The molecule has 0 aliphatic rings. The van der Waals surface area contributed by atoms with Crippen molar-refractivity contribution >= 4 is 5.97 Å². The van der Waals surface area contributed by atoms with Crippen molar-refractivity contribution in [3.05, 3.63) is 65.7 Å². The lowest BCUT2D eigenvalue weighted by Crippen LogP contribution is -2.11. The monoisotopic (exact) mass is 284 g/mol. The Bertz CT molecular complexity index is 576. The van der Waals surface area contributed by atoms with Gasteiger partial charge >= 0.3 is 5.97 Å². The van der Waals surface area contributed by atoms with Crippen molar-refractivity contribution in [2.45, 2.75) is 20.5 Å². The summed E-state index contributed by atoms with van der Waals surface area (Å²) in [7, 11) is 0. The van der Waals surface area contributed by atoms with E-state index in [0.717, 1.165) is 5.56 Å². The molecule has 2 rings (SSSR count). The zero-order valence-corrected chi connectivity index (χ0v) is 12.4. The normalized spacial score (nSPS) is 10.4. The highest BCUT2D eigenvalue weighted by molar-refractivity contribution is 5.92. The van der Waals surface area contributed by atoms with Gasteiger partial charge in [0.25, 0.3) is 0 Å². The van der Waals surface area contributed by atoms with Gasteiger partial charge in [-0.2, -0.15) is 0 Å². The molecule has 0 amide bonds. The topological polar surface area (TPSA) is 35.5 Å². The van der Waals surface area contributed by atoms with Crippen LogP contribution in [0.1, 0.15) is 29.8 Å². The lowest BCUT2D eigenvalue weighted by Gasteiger charge is -2.12. The molecule has 0 aromatic heterocycles. The molecule has 0 radical (unpaired) electrons. The first-order valence-corrected chi connectivity index (χ1v) is 7.09. The largest absolute Gasteiger partial charge is 0.488 e. The van der Waals surface area contributed by atoms with Gasteiger partial charge in [0.1, 0.15) is 17.9 Å². The maximum absolute atomic E-state index is 12.1. The van der Waals surface area contributed by atoms with Crippen LogP contribution in [0.15, 0.2) is 54.6 Å². The first-order valence-electron chi connectivity index (χ1n) is 7.09. The molecule has 0 fully saturated rings. The summed E-state index contributed by atoms with van der Waals surface area (Å²) in [6.45, 7) is 4.84. The summed E-state index contributed by atoms with van der Waals surface area (Å²) < 4.78 is 11.0. The van der Waals surface area contributed by atoms with E-state index < -0.39 is 0 Å². The molecule has 110 valence electrons. The Morgan fingerprint density at radius 3 is 2.38 bits per heavy atom. The number of hydrogen-bond acceptors (Lipinski definition) is 3. The minimum Gasteiger partial charge on any atom is -0.488 e. The number of rotatable bonds is 6. The average Bonchev–Trinajstić information content (AvgIpc) is 2.52. The van der Waals surface area contributed by atoms with Crippen LogP contribution in [0, 0.1) is 5.92 Å². The average molecular weight is 284 g/mol. The van der Waals surface area contributed by atoms with Gasteiger partial charge < -0.3 is 9.47 Å². The zero-order chi connectivity index (χ0) is 15.1. The Labute approximate surface area is 125 Å². The third-order valence-electron chi connectivity index (χ3n) is 2.89. The van der Waals surface area contributed by atoms with Gasteiger partial charge in [-0.1, -0.05) is 56.3 Å². The molecule has 0 saturated carbocycles. The minimum atomic E-state index is -0.340. The van der Waals surface area contributed by atoms with Gasteiger partial charge in [0.05, 0.1) is 6.61 Å². The van der Waals surface area contributed by atoms with Crippen LogP contribution in [0.2, 0.25) is 0 Å². The predicted molar refractivity (Wildman–Crippen MR) is 82.3 cm³/mol. The highest BCUT2D eigenvalue weighted by Crippen LogP contribution is 2.20. The molecule has 3 heteroatoms. The second-order valence-electron chi connectivity index (χ2n) is 5.26. The van der Waals surface area contributed by atoms with E-state index in [9.17, 15) is 4.79 Å². The fraction of sp³-hybridized carbons (Fsp3) is 0.278. The summed E-state index contributed by atoms with van der Waals surface area (Å²) in [5.74, 6) is 0.522. The van der Waals surface area contributed by atoms with Crippen molar-refractivity contribution in [2.75, 3.05) is 6.61 Å². The predicted octanol–water partition coefficient (Wildman–Crippen LogP) is 4.08. The Hall–Kier alpha value is -2.29. The van der Waals surface area contributed by atoms with Crippen LogP contribution in [0.25, 0.3) is 0 Å². The lowest BCUT2D eigenvalue weighted by molar-refractivity contribution is 0.0454. The molecule has 0 saturated heterocycles. The SMILES string of the molecule is CC(C)COC(=O)c1ccccc1OCc1ccccc1. The van der Waals surface area contributed by atoms with Gasteiger partial charge in [0.15, 0.2) is 0 Å². The number of ether oxygens (including phenoxy) is 2. The Morgan fingerprint density at radius 2 is 1.67 bits per heavy atom. The molecule has 0 spiro atoms. The Kier molecular flexibility index (Phi) is 5.38. The number of carbonyl (C=O) groups excluding carboxylic acids is 1. The van der Waals surface area contributed by atoms with Crippen molar-refractivity contribution in [1.29, 1.82) is 0 Å². The summed E-state index contributed by atoms with van der Waals surface area (Å²) in [5.41, 5.74) is 1.52. The van der Waals surface area contributed by atoms with Crippen molar-refractivity contribution in [3.8, 4) is 5.75 Å². The first kappa shape index (κ1) is 15.1. The first-order chi connectivity index (χ1) is 10.2. The van der Waals surface area contributed by atoms with Gasteiger partial charge in [-0.05, 0) is 23.6 Å². The summed E-state index contributed by atoms with van der Waals surface area (Å²) in [5, 5.41) is 0. The van der Waals surface area contributed by atoms with E-state index in [2.05, 4.69) is 0 Å².